The van der Waals surface area contributed by atoms with Crippen molar-refractivity contribution < 1.29 is 4.79 Å². The van der Waals surface area contributed by atoms with Crippen molar-refractivity contribution in [3.63, 3.8) is 0 Å². The number of nitrogens with one attached hydrogen (secondary N) is 1. The molecule has 138 valence electrons. The highest BCUT2D eigenvalue weighted by atomic mass is 35.5. The number of likely N-dealkylation sites (tertiary alicyclic amines) is 1. The number of nitrogens with zero attached hydrogens (tertiary/aromatic N) is 1. The normalized spacial score (nSPS) is 20.2. The van der Waals surface area contributed by atoms with Crippen molar-refractivity contribution in [2.75, 3.05) is 26.2 Å². The molecule has 1 aliphatic rings. The van der Waals surface area contributed by atoms with Crippen LogP contribution in [-0.2, 0) is 4.79 Å². The molecule has 0 aliphatic carbocycles. The van der Waals surface area contributed by atoms with Crippen molar-refractivity contribution in [3.8, 4) is 0 Å². The van der Waals surface area contributed by atoms with Gasteiger partial charge in [0.25, 0.3) is 0 Å². The lowest BCUT2D eigenvalue weighted by atomic mass is 9.95. The largest absolute Gasteiger partial charge is 0.355 e. The van der Waals surface area contributed by atoms with Gasteiger partial charge < -0.3 is 16.0 Å². The second-order valence-electron chi connectivity index (χ2n) is 6.56. The summed E-state index contributed by atoms with van der Waals surface area (Å²) in [4.78, 5) is 14.7. The van der Waals surface area contributed by atoms with Gasteiger partial charge in [0.15, 0.2) is 0 Å². The summed E-state index contributed by atoms with van der Waals surface area (Å²) in [5.74, 6) is 0.596. The smallest absolute Gasteiger partial charge is 0.224 e. The molecule has 6 heteroatoms. The van der Waals surface area contributed by atoms with Crippen molar-refractivity contribution in [2.45, 2.75) is 32.7 Å². The number of carbonyl (C=O) groups excluding carboxylic acids is 1. The molecule has 1 aliphatic heterocycles. The third kappa shape index (κ3) is 6.98. The highest BCUT2D eigenvalue weighted by Crippen LogP contribution is 2.19. The van der Waals surface area contributed by atoms with Gasteiger partial charge in [0.05, 0.1) is 5.92 Å². The predicted octanol–water partition coefficient (Wildman–Crippen LogP) is 3.01. The van der Waals surface area contributed by atoms with E-state index >= 15 is 0 Å². The number of hydrogen-bond donors (Lipinski definition) is 2. The molecule has 1 heterocycles. The monoisotopic (exact) mass is 375 g/mol. The lowest BCUT2D eigenvalue weighted by molar-refractivity contribution is -0.125. The van der Waals surface area contributed by atoms with Gasteiger partial charge in [-0.25, -0.2) is 0 Å². The van der Waals surface area contributed by atoms with Gasteiger partial charge in [-0.05, 0) is 30.9 Å². The van der Waals surface area contributed by atoms with E-state index in [0.29, 0.717) is 6.54 Å². The number of benzene rings is 1. The molecule has 1 aromatic rings. The van der Waals surface area contributed by atoms with E-state index in [0.717, 1.165) is 31.1 Å². The zero-order valence-corrected chi connectivity index (χ0v) is 16.2. The summed E-state index contributed by atoms with van der Waals surface area (Å²) < 4.78 is 0. The van der Waals surface area contributed by atoms with Crippen LogP contribution in [-0.4, -0.2) is 37.0 Å². The Morgan fingerprint density at radius 1 is 1.33 bits per heavy atom. The molecule has 0 spiro atoms. The van der Waals surface area contributed by atoms with Gasteiger partial charge in [0, 0.05) is 25.7 Å². The maximum atomic E-state index is 12.3. The minimum Gasteiger partial charge on any atom is -0.355 e. The Kier molecular flexibility index (Phi) is 11.3. The molecule has 0 bridgehead atoms. The van der Waals surface area contributed by atoms with E-state index in [-0.39, 0.29) is 42.7 Å². The summed E-state index contributed by atoms with van der Waals surface area (Å²) in [6.45, 7) is 8.14. The lowest BCUT2D eigenvalue weighted by Gasteiger charge is -2.31. The number of carbonyl (C=O) groups is 1. The SMILES string of the molecule is CC1CCCN(CCNC(=O)C(C)C(N)c2ccccc2)C1.Cl.Cl. The molecule has 1 fully saturated rings. The first kappa shape index (κ1) is 23.2. The average molecular weight is 376 g/mol. The molecule has 3 atom stereocenters. The van der Waals surface area contributed by atoms with Crippen LogP contribution in [0.3, 0.4) is 0 Å². The molecule has 1 amide bonds. The van der Waals surface area contributed by atoms with Gasteiger partial charge in [-0.3, -0.25) is 4.79 Å². The molecule has 0 aromatic heterocycles. The topological polar surface area (TPSA) is 58.4 Å². The van der Waals surface area contributed by atoms with Crippen LogP contribution in [0.4, 0.5) is 0 Å². The Bertz CT molecular complexity index is 473. The minimum absolute atomic E-state index is 0. The molecule has 4 nitrogen and oxygen atoms in total. The number of amides is 1. The average Bonchev–Trinajstić information content (AvgIpc) is 2.54. The number of hydrogen-bond acceptors (Lipinski definition) is 3. The molecular formula is C18H31Cl2N3O. The quantitative estimate of drug-likeness (QED) is 0.803. The highest BCUT2D eigenvalue weighted by molar-refractivity contribution is 5.85. The standard InChI is InChI=1S/C18H29N3O.2ClH/c1-14-7-6-11-21(13-14)12-10-20-18(22)15(2)17(19)16-8-4-3-5-9-16;;/h3-5,8-9,14-15,17H,6-7,10-13,19H2,1-2H3,(H,20,22);2*1H. The van der Waals surface area contributed by atoms with Crippen LogP contribution >= 0.6 is 24.8 Å². The molecule has 0 radical (unpaired) electrons. The van der Waals surface area contributed by atoms with Gasteiger partial charge >= 0.3 is 0 Å². The Hall–Kier alpha value is -0.810. The molecule has 1 saturated heterocycles. The highest BCUT2D eigenvalue weighted by Gasteiger charge is 2.22. The van der Waals surface area contributed by atoms with Crippen molar-refractivity contribution in [1.29, 1.82) is 0 Å². The van der Waals surface area contributed by atoms with Crippen molar-refractivity contribution in [2.24, 2.45) is 17.6 Å². The Labute approximate surface area is 158 Å². The van der Waals surface area contributed by atoms with E-state index < -0.39 is 0 Å². The van der Waals surface area contributed by atoms with Crippen LogP contribution in [0.1, 0.15) is 38.3 Å². The molecule has 3 unspecified atom stereocenters. The first-order valence-corrected chi connectivity index (χ1v) is 8.38. The second kappa shape index (κ2) is 11.7. The number of rotatable bonds is 6. The van der Waals surface area contributed by atoms with Crippen molar-refractivity contribution >= 4 is 30.7 Å². The summed E-state index contributed by atoms with van der Waals surface area (Å²) in [6.07, 6.45) is 2.59. The van der Waals surface area contributed by atoms with Crippen molar-refractivity contribution in [1.82, 2.24) is 10.2 Å². The molecule has 1 aromatic carbocycles. The summed E-state index contributed by atoms with van der Waals surface area (Å²) >= 11 is 0. The fourth-order valence-corrected chi connectivity index (χ4v) is 3.12. The van der Waals surface area contributed by atoms with Gasteiger partial charge in [-0.1, -0.05) is 44.2 Å². The zero-order chi connectivity index (χ0) is 15.9. The van der Waals surface area contributed by atoms with E-state index in [4.69, 9.17) is 5.73 Å². The van der Waals surface area contributed by atoms with E-state index in [9.17, 15) is 4.79 Å². The van der Waals surface area contributed by atoms with Gasteiger partial charge in [-0.2, -0.15) is 0 Å². The first-order chi connectivity index (χ1) is 10.6. The summed E-state index contributed by atoms with van der Waals surface area (Å²) in [7, 11) is 0. The fraction of sp³-hybridized carbons (Fsp3) is 0.611. The first-order valence-electron chi connectivity index (χ1n) is 8.38. The van der Waals surface area contributed by atoms with Crippen molar-refractivity contribution in [3.05, 3.63) is 35.9 Å². The van der Waals surface area contributed by atoms with Gasteiger partial charge in [0.2, 0.25) is 5.91 Å². The second-order valence-corrected chi connectivity index (χ2v) is 6.56. The van der Waals surface area contributed by atoms with Gasteiger partial charge in [0.1, 0.15) is 0 Å². The van der Waals surface area contributed by atoms with Crippen LogP contribution in [0, 0.1) is 11.8 Å². The predicted molar refractivity (Wildman–Crippen MR) is 105 cm³/mol. The van der Waals surface area contributed by atoms with E-state index in [2.05, 4.69) is 17.1 Å². The minimum atomic E-state index is -0.254. The number of halogens is 2. The van der Waals surface area contributed by atoms with Gasteiger partial charge in [-0.15, -0.1) is 24.8 Å². The summed E-state index contributed by atoms with van der Waals surface area (Å²) in [5.41, 5.74) is 7.21. The zero-order valence-electron chi connectivity index (χ0n) is 14.6. The van der Waals surface area contributed by atoms with Crippen LogP contribution in [0.15, 0.2) is 30.3 Å². The summed E-state index contributed by atoms with van der Waals surface area (Å²) in [5, 5.41) is 3.03. The maximum absolute atomic E-state index is 12.3. The molecular weight excluding hydrogens is 345 g/mol. The van der Waals surface area contributed by atoms with E-state index in [1.165, 1.54) is 12.8 Å². The van der Waals surface area contributed by atoms with Crippen LogP contribution < -0.4 is 11.1 Å². The number of nitrogens with two attached hydrogens (primary N) is 1. The fourth-order valence-electron chi connectivity index (χ4n) is 3.12. The Morgan fingerprint density at radius 3 is 2.62 bits per heavy atom. The van der Waals surface area contributed by atoms with E-state index in [1.54, 1.807) is 0 Å². The third-order valence-corrected chi connectivity index (χ3v) is 4.61. The maximum Gasteiger partial charge on any atom is 0.224 e. The Morgan fingerprint density at radius 2 is 2.00 bits per heavy atom. The summed E-state index contributed by atoms with van der Waals surface area (Å²) in [6, 6.07) is 9.57. The molecule has 2 rings (SSSR count). The van der Waals surface area contributed by atoms with Crippen LogP contribution in [0.25, 0.3) is 0 Å². The van der Waals surface area contributed by atoms with Crippen LogP contribution in [0.2, 0.25) is 0 Å². The molecule has 3 N–H and O–H groups in total. The van der Waals surface area contributed by atoms with E-state index in [1.807, 2.05) is 37.3 Å². The molecule has 0 saturated carbocycles. The number of piperidine rings is 1. The van der Waals surface area contributed by atoms with Crippen LogP contribution in [0.5, 0.6) is 0 Å². The lowest BCUT2D eigenvalue weighted by Crippen LogP contribution is -2.42. The third-order valence-electron chi connectivity index (χ3n) is 4.61. The molecule has 24 heavy (non-hydrogen) atoms. The Balaban J connectivity index is 0.00000264.